The third-order valence-electron chi connectivity index (χ3n) is 4.38. The molecule has 2 heterocycles. The lowest BCUT2D eigenvalue weighted by atomic mass is 10.1. The molecule has 0 fully saturated rings. The van der Waals surface area contributed by atoms with Crippen molar-refractivity contribution in [2.45, 2.75) is 6.61 Å². The number of hydrogen-bond acceptors (Lipinski definition) is 3. The second-order valence-electron chi connectivity index (χ2n) is 6.51. The van der Waals surface area contributed by atoms with Crippen LogP contribution in [0, 0.1) is 11.6 Å². The minimum Gasteiger partial charge on any atom is -0.483 e. The smallest absolute Gasteiger partial charge is 0.186 e. The number of aromatic nitrogens is 1. The normalized spacial score (nSPS) is 11.1. The van der Waals surface area contributed by atoms with Gasteiger partial charge in [-0.25, -0.2) is 8.78 Å². The Balaban J connectivity index is 1.39. The Labute approximate surface area is 171 Å². The molecule has 0 bridgehead atoms. The van der Waals surface area contributed by atoms with Crippen LogP contribution in [-0.2, 0) is 6.61 Å². The Morgan fingerprint density at radius 3 is 2.63 bits per heavy atom. The summed E-state index contributed by atoms with van der Waals surface area (Å²) in [6.45, 7) is -0.0245. The lowest BCUT2D eigenvalue weighted by Gasteiger charge is -2.05. The summed E-state index contributed by atoms with van der Waals surface area (Å²) in [7, 11) is 0. The summed E-state index contributed by atoms with van der Waals surface area (Å²) >= 11 is 0. The van der Waals surface area contributed by atoms with E-state index in [0.717, 1.165) is 17.8 Å². The highest BCUT2D eigenvalue weighted by Crippen LogP contribution is 2.20. The Morgan fingerprint density at radius 2 is 1.83 bits per heavy atom. The minimum absolute atomic E-state index is 0.0245. The average Bonchev–Trinajstić information content (AvgIpc) is 3.44. The van der Waals surface area contributed by atoms with Crippen LogP contribution in [0.15, 0.2) is 89.6 Å². The van der Waals surface area contributed by atoms with E-state index in [2.05, 4.69) is 0 Å². The molecule has 0 amide bonds. The monoisotopic (exact) mass is 405 g/mol. The molecule has 0 N–H and O–H groups in total. The molecule has 0 atom stereocenters. The standard InChI is InChI=1S/C24H17F2NO3/c25-18-6-11-24(22(26)15-18)29-16-21-8-7-20(30-21)9-10-23(28)17-4-3-5-19(14-17)27-12-1-2-13-27/h1-15H,16H2/b10-9+. The molecule has 4 nitrogen and oxygen atoms in total. The molecule has 0 aliphatic rings. The van der Waals surface area contributed by atoms with Crippen molar-refractivity contribution in [3.8, 4) is 11.4 Å². The van der Waals surface area contributed by atoms with Crippen LogP contribution in [0.4, 0.5) is 8.78 Å². The Bertz CT molecular complexity index is 1190. The highest BCUT2D eigenvalue weighted by molar-refractivity contribution is 6.06. The van der Waals surface area contributed by atoms with Crippen molar-refractivity contribution in [2.24, 2.45) is 0 Å². The fourth-order valence-electron chi connectivity index (χ4n) is 2.88. The van der Waals surface area contributed by atoms with Crippen LogP contribution < -0.4 is 4.74 Å². The quantitative estimate of drug-likeness (QED) is 0.287. The minimum atomic E-state index is -0.783. The molecular formula is C24H17F2NO3. The number of ether oxygens (including phenoxy) is 1. The first-order chi connectivity index (χ1) is 14.6. The van der Waals surface area contributed by atoms with Gasteiger partial charge in [0.2, 0.25) is 0 Å². The van der Waals surface area contributed by atoms with Gasteiger partial charge in [-0.3, -0.25) is 4.79 Å². The lowest BCUT2D eigenvalue weighted by molar-refractivity contribution is 0.104. The van der Waals surface area contributed by atoms with Gasteiger partial charge in [0.1, 0.15) is 23.9 Å². The van der Waals surface area contributed by atoms with E-state index in [4.69, 9.17) is 9.15 Å². The van der Waals surface area contributed by atoms with Crippen LogP contribution in [-0.4, -0.2) is 10.4 Å². The topological polar surface area (TPSA) is 44.4 Å². The van der Waals surface area contributed by atoms with E-state index in [1.807, 2.05) is 47.3 Å². The third kappa shape index (κ3) is 4.55. The van der Waals surface area contributed by atoms with Crippen LogP contribution in [0.3, 0.4) is 0 Å². The first kappa shape index (κ1) is 19.4. The summed E-state index contributed by atoms with van der Waals surface area (Å²) in [5.41, 5.74) is 1.45. The Morgan fingerprint density at radius 1 is 1.00 bits per heavy atom. The molecule has 0 saturated carbocycles. The van der Waals surface area contributed by atoms with E-state index in [-0.39, 0.29) is 18.1 Å². The lowest BCUT2D eigenvalue weighted by Crippen LogP contribution is -1.97. The number of allylic oxidation sites excluding steroid dienone is 1. The highest BCUT2D eigenvalue weighted by Gasteiger charge is 2.08. The van der Waals surface area contributed by atoms with Crippen molar-refractivity contribution in [3.05, 3.63) is 114 Å². The number of hydrogen-bond donors (Lipinski definition) is 0. The van der Waals surface area contributed by atoms with Crippen molar-refractivity contribution >= 4 is 11.9 Å². The zero-order valence-electron chi connectivity index (χ0n) is 15.8. The second-order valence-corrected chi connectivity index (χ2v) is 6.51. The molecule has 0 unspecified atom stereocenters. The number of halogens is 2. The number of benzene rings is 2. The highest BCUT2D eigenvalue weighted by atomic mass is 19.1. The predicted octanol–water partition coefficient (Wildman–Crippen LogP) is 5.82. The van der Waals surface area contributed by atoms with Gasteiger partial charge in [-0.1, -0.05) is 12.1 Å². The number of ketones is 1. The molecule has 2 aromatic heterocycles. The van der Waals surface area contributed by atoms with Crippen LogP contribution in [0.1, 0.15) is 21.9 Å². The number of rotatable bonds is 7. The Kier molecular flexibility index (Phi) is 5.57. The molecule has 0 radical (unpaired) electrons. The zero-order valence-corrected chi connectivity index (χ0v) is 15.8. The van der Waals surface area contributed by atoms with Gasteiger partial charge in [-0.05, 0) is 60.7 Å². The van der Waals surface area contributed by atoms with Gasteiger partial charge < -0.3 is 13.7 Å². The van der Waals surface area contributed by atoms with Gasteiger partial charge in [0.15, 0.2) is 17.3 Å². The molecular weight excluding hydrogens is 388 g/mol. The average molecular weight is 405 g/mol. The van der Waals surface area contributed by atoms with E-state index in [1.54, 1.807) is 24.3 Å². The molecule has 150 valence electrons. The van der Waals surface area contributed by atoms with E-state index >= 15 is 0 Å². The third-order valence-corrected chi connectivity index (χ3v) is 4.38. The van der Waals surface area contributed by atoms with Crippen LogP contribution >= 0.6 is 0 Å². The maximum atomic E-state index is 13.6. The zero-order chi connectivity index (χ0) is 20.9. The van der Waals surface area contributed by atoms with Gasteiger partial charge in [-0.2, -0.15) is 0 Å². The van der Waals surface area contributed by atoms with Gasteiger partial charge >= 0.3 is 0 Å². The number of nitrogens with zero attached hydrogens (tertiary/aromatic N) is 1. The van der Waals surface area contributed by atoms with Gasteiger partial charge in [0.25, 0.3) is 0 Å². The fraction of sp³-hybridized carbons (Fsp3) is 0.0417. The summed E-state index contributed by atoms with van der Waals surface area (Å²) < 4.78 is 39.3. The summed E-state index contributed by atoms with van der Waals surface area (Å²) in [5, 5.41) is 0. The maximum absolute atomic E-state index is 13.6. The van der Waals surface area contributed by atoms with Crippen molar-refractivity contribution < 1.29 is 22.7 Å². The fourth-order valence-corrected chi connectivity index (χ4v) is 2.88. The van der Waals surface area contributed by atoms with E-state index in [0.29, 0.717) is 17.1 Å². The summed E-state index contributed by atoms with van der Waals surface area (Å²) in [5.74, 6) is -0.777. The Hall–Kier alpha value is -3.93. The molecule has 4 aromatic rings. The molecule has 2 aromatic carbocycles. The van der Waals surface area contributed by atoms with Gasteiger partial charge in [0.05, 0.1) is 0 Å². The van der Waals surface area contributed by atoms with E-state index in [1.165, 1.54) is 12.1 Å². The summed E-state index contributed by atoms with van der Waals surface area (Å²) in [6, 6.07) is 17.6. The SMILES string of the molecule is O=C(/C=C/c1ccc(COc2ccc(F)cc2F)o1)c1cccc(-n2cccc2)c1. The van der Waals surface area contributed by atoms with Gasteiger partial charge in [0, 0.05) is 29.7 Å². The molecule has 0 spiro atoms. The van der Waals surface area contributed by atoms with E-state index in [9.17, 15) is 13.6 Å². The van der Waals surface area contributed by atoms with Crippen LogP contribution in [0.5, 0.6) is 5.75 Å². The first-order valence-electron chi connectivity index (χ1n) is 9.21. The van der Waals surface area contributed by atoms with Crippen molar-refractivity contribution in [1.82, 2.24) is 4.57 Å². The van der Waals surface area contributed by atoms with Crippen molar-refractivity contribution in [3.63, 3.8) is 0 Å². The molecule has 30 heavy (non-hydrogen) atoms. The summed E-state index contributed by atoms with van der Waals surface area (Å²) in [6.07, 6.45) is 6.80. The van der Waals surface area contributed by atoms with Crippen LogP contribution in [0.2, 0.25) is 0 Å². The molecule has 0 aliphatic carbocycles. The van der Waals surface area contributed by atoms with E-state index < -0.39 is 11.6 Å². The number of carbonyl (C=O) groups excluding carboxylic acids is 1. The van der Waals surface area contributed by atoms with Crippen molar-refractivity contribution in [1.29, 1.82) is 0 Å². The number of furan rings is 1. The molecule has 4 rings (SSSR count). The maximum Gasteiger partial charge on any atom is 0.186 e. The first-order valence-corrected chi connectivity index (χ1v) is 9.21. The summed E-state index contributed by atoms with van der Waals surface area (Å²) in [4.78, 5) is 12.5. The molecule has 0 saturated heterocycles. The van der Waals surface area contributed by atoms with Gasteiger partial charge in [-0.15, -0.1) is 0 Å². The van der Waals surface area contributed by atoms with Crippen molar-refractivity contribution in [2.75, 3.05) is 0 Å². The molecule has 0 aliphatic heterocycles. The number of carbonyl (C=O) groups is 1. The largest absolute Gasteiger partial charge is 0.483 e. The molecule has 6 heteroatoms. The second kappa shape index (κ2) is 8.61. The predicted molar refractivity (Wildman–Crippen MR) is 109 cm³/mol. The van der Waals surface area contributed by atoms with Crippen LogP contribution in [0.25, 0.3) is 11.8 Å².